The molecule has 0 aromatic heterocycles. The van der Waals surface area contributed by atoms with Crippen molar-refractivity contribution in [2.24, 2.45) is 5.92 Å². The minimum absolute atomic E-state index is 0.112. The van der Waals surface area contributed by atoms with Gasteiger partial charge in [0.25, 0.3) is 0 Å². The molecular formula is C12H23N3O. The van der Waals surface area contributed by atoms with Crippen LogP contribution in [0.3, 0.4) is 0 Å². The van der Waals surface area contributed by atoms with Crippen LogP contribution in [0.1, 0.15) is 20.8 Å². The van der Waals surface area contributed by atoms with Crippen LogP contribution in [0.25, 0.3) is 0 Å². The summed E-state index contributed by atoms with van der Waals surface area (Å²) in [4.78, 5) is 4.61. The molecule has 0 aromatic rings. The molecule has 1 fully saturated rings. The molecule has 0 aliphatic carbocycles. The van der Waals surface area contributed by atoms with E-state index in [0.717, 1.165) is 39.3 Å². The highest BCUT2D eigenvalue weighted by atomic mass is 16.3. The second-order valence-electron chi connectivity index (χ2n) is 5.42. The number of hydrogen-bond donors (Lipinski definition) is 1. The predicted molar refractivity (Wildman–Crippen MR) is 64.0 cm³/mol. The molecule has 0 saturated carbocycles. The molecule has 0 aromatic carbocycles. The molecule has 1 atom stereocenters. The van der Waals surface area contributed by atoms with Gasteiger partial charge in [0.15, 0.2) is 0 Å². The number of aliphatic hydroxyl groups is 1. The van der Waals surface area contributed by atoms with Crippen molar-refractivity contribution in [3.8, 4) is 6.07 Å². The van der Waals surface area contributed by atoms with E-state index >= 15 is 0 Å². The number of rotatable bonds is 4. The average Bonchev–Trinajstić information content (AvgIpc) is 2.18. The van der Waals surface area contributed by atoms with Crippen molar-refractivity contribution < 1.29 is 5.11 Å². The first kappa shape index (κ1) is 13.4. The molecule has 92 valence electrons. The van der Waals surface area contributed by atoms with Gasteiger partial charge in [0, 0.05) is 39.3 Å². The number of piperazine rings is 1. The zero-order valence-corrected chi connectivity index (χ0v) is 10.6. The van der Waals surface area contributed by atoms with Crippen molar-refractivity contribution in [2.75, 3.05) is 39.3 Å². The summed E-state index contributed by atoms with van der Waals surface area (Å²) in [7, 11) is 0. The Morgan fingerprint density at radius 1 is 1.25 bits per heavy atom. The lowest BCUT2D eigenvalue weighted by Gasteiger charge is -2.37. The molecular weight excluding hydrogens is 202 g/mol. The lowest BCUT2D eigenvalue weighted by molar-refractivity contribution is 0.0169. The molecule has 0 radical (unpaired) electrons. The van der Waals surface area contributed by atoms with Crippen LogP contribution in [-0.4, -0.2) is 59.8 Å². The molecule has 4 heteroatoms. The summed E-state index contributed by atoms with van der Waals surface area (Å²) in [5.74, 6) is 0.112. The first-order valence-electron chi connectivity index (χ1n) is 5.97. The van der Waals surface area contributed by atoms with E-state index in [-0.39, 0.29) is 5.92 Å². The Hall–Kier alpha value is -0.630. The van der Waals surface area contributed by atoms with Crippen molar-refractivity contribution in [1.82, 2.24) is 9.80 Å². The van der Waals surface area contributed by atoms with Crippen LogP contribution in [0, 0.1) is 17.2 Å². The highest BCUT2D eigenvalue weighted by Gasteiger charge is 2.23. The highest BCUT2D eigenvalue weighted by Crippen LogP contribution is 2.09. The number of β-amino-alcohol motifs (C(OH)–C–C–N with tert-alkyl or cyclic N) is 1. The van der Waals surface area contributed by atoms with Gasteiger partial charge in [-0.1, -0.05) is 0 Å². The van der Waals surface area contributed by atoms with Gasteiger partial charge in [-0.05, 0) is 20.8 Å². The monoisotopic (exact) mass is 225 g/mol. The smallest absolute Gasteiger partial charge is 0.0718 e. The second kappa shape index (κ2) is 5.62. The highest BCUT2D eigenvalue weighted by molar-refractivity contribution is 4.84. The maximum atomic E-state index is 9.72. The molecule has 0 spiro atoms. The maximum Gasteiger partial charge on any atom is 0.0718 e. The number of nitrogens with zero attached hydrogens (tertiary/aromatic N) is 3. The van der Waals surface area contributed by atoms with E-state index < -0.39 is 5.60 Å². The first-order valence-corrected chi connectivity index (χ1v) is 5.97. The van der Waals surface area contributed by atoms with Gasteiger partial charge in [-0.15, -0.1) is 0 Å². The molecule has 0 amide bonds. The SMILES string of the molecule is CC(C#N)CN1CCN(CC(C)(C)O)CC1. The van der Waals surface area contributed by atoms with Crippen LogP contribution in [0.2, 0.25) is 0 Å². The van der Waals surface area contributed by atoms with Crippen molar-refractivity contribution in [2.45, 2.75) is 26.4 Å². The van der Waals surface area contributed by atoms with E-state index in [1.807, 2.05) is 20.8 Å². The molecule has 4 nitrogen and oxygen atoms in total. The Bertz CT molecular complexity index is 246. The fourth-order valence-electron chi connectivity index (χ4n) is 2.11. The van der Waals surface area contributed by atoms with Crippen LogP contribution in [0.5, 0.6) is 0 Å². The second-order valence-corrected chi connectivity index (χ2v) is 5.42. The lowest BCUT2D eigenvalue weighted by atomic mass is 10.1. The molecule has 1 N–H and O–H groups in total. The van der Waals surface area contributed by atoms with Gasteiger partial charge in [-0.25, -0.2) is 0 Å². The Morgan fingerprint density at radius 3 is 2.19 bits per heavy atom. The fourth-order valence-corrected chi connectivity index (χ4v) is 2.11. The molecule has 1 rings (SSSR count). The maximum absolute atomic E-state index is 9.72. The van der Waals surface area contributed by atoms with E-state index in [9.17, 15) is 5.11 Å². The summed E-state index contributed by atoms with van der Waals surface area (Å²) in [5.41, 5.74) is -0.609. The zero-order chi connectivity index (χ0) is 12.2. The molecule has 1 heterocycles. The van der Waals surface area contributed by atoms with E-state index in [0.29, 0.717) is 0 Å². The zero-order valence-electron chi connectivity index (χ0n) is 10.6. The van der Waals surface area contributed by atoms with Crippen LogP contribution in [-0.2, 0) is 0 Å². The van der Waals surface area contributed by atoms with Crippen LogP contribution >= 0.6 is 0 Å². The summed E-state index contributed by atoms with van der Waals surface area (Å²) in [6, 6.07) is 2.27. The molecule has 1 aliphatic heterocycles. The van der Waals surface area contributed by atoms with Gasteiger partial charge < -0.3 is 5.11 Å². The van der Waals surface area contributed by atoms with Gasteiger partial charge in [0.1, 0.15) is 0 Å². The summed E-state index contributed by atoms with van der Waals surface area (Å²) in [6.07, 6.45) is 0. The minimum atomic E-state index is -0.609. The molecule has 0 bridgehead atoms. The molecule has 1 aliphatic rings. The summed E-state index contributed by atoms with van der Waals surface area (Å²) < 4.78 is 0. The Labute approximate surface area is 98.5 Å². The predicted octanol–water partition coefficient (Wildman–Crippen LogP) is 0.535. The average molecular weight is 225 g/mol. The Balaban J connectivity index is 2.27. The van der Waals surface area contributed by atoms with Gasteiger partial charge in [0.2, 0.25) is 0 Å². The third-order valence-electron chi connectivity index (χ3n) is 2.83. The summed E-state index contributed by atoms with van der Waals surface area (Å²) in [5, 5.41) is 18.5. The minimum Gasteiger partial charge on any atom is -0.389 e. The quantitative estimate of drug-likeness (QED) is 0.758. The summed E-state index contributed by atoms with van der Waals surface area (Å²) in [6.45, 7) is 11.2. The van der Waals surface area contributed by atoms with E-state index in [4.69, 9.17) is 5.26 Å². The molecule has 1 saturated heterocycles. The molecule has 16 heavy (non-hydrogen) atoms. The van der Waals surface area contributed by atoms with Crippen molar-refractivity contribution in [3.63, 3.8) is 0 Å². The lowest BCUT2D eigenvalue weighted by Crippen LogP contribution is -2.51. The number of hydrogen-bond acceptors (Lipinski definition) is 4. The van der Waals surface area contributed by atoms with Crippen LogP contribution in [0.15, 0.2) is 0 Å². The van der Waals surface area contributed by atoms with Crippen molar-refractivity contribution >= 4 is 0 Å². The van der Waals surface area contributed by atoms with Crippen LogP contribution < -0.4 is 0 Å². The molecule has 1 unspecified atom stereocenters. The van der Waals surface area contributed by atoms with E-state index in [2.05, 4.69) is 15.9 Å². The van der Waals surface area contributed by atoms with Gasteiger partial charge in [-0.2, -0.15) is 5.26 Å². The van der Waals surface area contributed by atoms with Gasteiger partial charge in [0.05, 0.1) is 17.6 Å². The van der Waals surface area contributed by atoms with Crippen molar-refractivity contribution in [1.29, 1.82) is 5.26 Å². The van der Waals surface area contributed by atoms with E-state index in [1.165, 1.54) is 0 Å². The van der Waals surface area contributed by atoms with Gasteiger partial charge in [-0.3, -0.25) is 9.80 Å². The largest absolute Gasteiger partial charge is 0.389 e. The Morgan fingerprint density at radius 2 is 1.75 bits per heavy atom. The van der Waals surface area contributed by atoms with Gasteiger partial charge >= 0.3 is 0 Å². The Kier molecular flexibility index (Phi) is 4.72. The third kappa shape index (κ3) is 4.93. The fraction of sp³-hybridized carbons (Fsp3) is 0.917. The summed E-state index contributed by atoms with van der Waals surface area (Å²) >= 11 is 0. The van der Waals surface area contributed by atoms with Crippen molar-refractivity contribution in [3.05, 3.63) is 0 Å². The van der Waals surface area contributed by atoms with Crippen LogP contribution in [0.4, 0.5) is 0 Å². The topological polar surface area (TPSA) is 50.5 Å². The first-order chi connectivity index (χ1) is 7.40. The standard InChI is InChI=1S/C12H23N3O/c1-11(8-13)9-14-4-6-15(7-5-14)10-12(2,3)16/h11,16H,4-7,9-10H2,1-3H3. The van der Waals surface area contributed by atoms with E-state index in [1.54, 1.807) is 0 Å². The third-order valence-corrected chi connectivity index (χ3v) is 2.83. The number of nitriles is 1. The normalized spacial score (nSPS) is 21.7.